The van der Waals surface area contributed by atoms with E-state index in [0.29, 0.717) is 17.1 Å². The van der Waals surface area contributed by atoms with E-state index in [1.807, 2.05) is 31.2 Å². The largest absolute Gasteiger partial charge is 0.493 e. The third-order valence-corrected chi connectivity index (χ3v) is 3.70. The van der Waals surface area contributed by atoms with Crippen LogP contribution in [0.4, 0.5) is 5.69 Å². The Hall–Kier alpha value is -2.82. The Labute approximate surface area is 141 Å². The van der Waals surface area contributed by atoms with Crippen LogP contribution < -0.4 is 14.8 Å². The van der Waals surface area contributed by atoms with Crippen LogP contribution in [-0.4, -0.2) is 25.9 Å². The van der Waals surface area contributed by atoms with E-state index in [-0.39, 0.29) is 24.5 Å². The molecule has 2 rings (SSSR count). The number of ether oxygens (including phenoxy) is 2. The molecule has 0 fully saturated rings. The quantitative estimate of drug-likeness (QED) is 0.789. The molecule has 2 aromatic carbocycles. The fourth-order valence-corrected chi connectivity index (χ4v) is 2.31. The van der Waals surface area contributed by atoms with E-state index >= 15 is 0 Å². The van der Waals surface area contributed by atoms with E-state index in [2.05, 4.69) is 5.32 Å². The van der Waals surface area contributed by atoms with Gasteiger partial charge in [-0.2, -0.15) is 0 Å². The van der Waals surface area contributed by atoms with Gasteiger partial charge in [0.1, 0.15) is 0 Å². The number of rotatable bonds is 7. The average molecular weight is 327 g/mol. The number of anilines is 1. The molecule has 126 valence electrons. The van der Waals surface area contributed by atoms with Crippen molar-refractivity contribution < 1.29 is 19.1 Å². The Morgan fingerprint density at radius 1 is 0.958 bits per heavy atom. The summed E-state index contributed by atoms with van der Waals surface area (Å²) in [6, 6.07) is 12.5. The molecule has 0 bridgehead atoms. The third-order valence-electron chi connectivity index (χ3n) is 3.70. The predicted molar refractivity (Wildman–Crippen MR) is 92.9 cm³/mol. The van der Waals surface area contributed by atoms with E-state index in [4.69, 9.17) is 9.47 Å². The highest BCUT2D eigenvalue weighted by Crippen LogP contribution is 2.28. The molecular weight excluding hydrogens is 306 g/mol. The lowest BCUT2D eigenvalue weighted by molar-refractivity contribution is -0.116. The molecule has 0 radical (unpaired) electrons. The molecule has 0 aliphatic carbocycles. The second kappa shape index (κ2) is 8.15. The first-order valence-corrected chi connectivity index (χ1v) is 7.66. The molecule has 0 aliphatic rings. The lowest BCUT2D eigenvalue weighted by Gasteiger charge is -2.10. The van der Waals surface area contributed by atoms with Gasteiger partial charge in [0.05, 0.1) is 14.2 Å². The number of carbonyl (C=O) groups excluding carboxylic acids is 2. The maximum Gasteiger partial charge on any atom is 0.224 e. The maximum atomic E-state index is 12.3. The molecule has 24 heavy (non-hydrogen) atoms. The minimum atomic E-state index is -0.182. The summed E-state index contributed by atoms with van der Waals surface area (Å²) in [6.07, 6.45) is 0.259. The molecule has 0 spiro atoms. The maximum absolute atomic E-state index is 12.3. The number of aryl methyl sites for hydroxylation is 1. The van der Waals surface area contributed by atoms with Crippen LogP contribution in [0.2, 0.25) is 0 Å². The molecule has 1 N–H and O–H groups in total. The van der Waals surface area contributed by atoms with Crippen LogP contribution >= 0.6 is 0 Å². The normalized spacial score (nSPS) is 10.1. The SMILES string of the molecule is COc1ccc(C(=O)CCC(=O)Nc2ccccc2C)cc1OC. The van der Waals surface area contributed by atoms with Crippen molar-refractivity contribution in [3.63, 3.8) is 0 Å². The summed E-state index contributed by atoms with van der Waals surface area (Å²) in [7, 11) is 3.05. The van der Waals surface area contributed by atoms with Crippen molar-refractivity contribution in [2.45, 2.75) is 19.8 Å². The lowest BCUT2D eigenvalue weighted by Crippen LogP contribution is -2.14. The standard InChI is InChI=1S/C19H21NO4/c1-13-6-4-5-7-15(13)20-19(22)11-9-16(21)14-8-10-17(23-2)18(12-14)24-3/h4-8,10,12H,9,11H2,1-3H3,(H,20,22). The molecule has 0 aliphatic heterocycles. The van der Waals surface area contributed by atoms with Crippen molar-refractivity contribution in [3.05, 3.63) is 53.6 Å². The second-order valence-electron chi connectivity index (χ2n) is 5.36. The second-order valence-corrected chi connectivity index (χ2v) is 5.36. The number of para-hydroxylation sites is 1. The fraction of sp³-hybridized carbons (Fsp3) is 0.263. The van der Waals surface area contributed by atoms with Gasteiger partial charge in [-0.25, -0.2) is 0 Å². The summed E-state index contributed by atoms with van der Waals surface area (Å²) >= 11 is 0. The molecule has 5 nitrogen and oxygen atoms in total. The van der Waals surface area contributed by atoms with Crippen molar-refractivity contribution in [1.29, 1.82) is 0 Å². The van der Waals surface area contributed by atoms with Gasteiger partial charge in [-0.3, -0.25) is 9.59 Å². The van der Waals surface area contributed by atoms with E-state index in [1.54, 1.807) is 18.2 Å². The van der Waals surface area contributed by atoms with Crippen molar-refractivity contribution in [1.82, 2.24) is 0 Å². The summed E-state index contributed by atoms with van der Waals surface area (Å²) in [6.45, 7) is 1.92. The molecule has 1 amide bonds. The van der Waals surface area contributed by atoms with Crippen molar-refractivity contribution >= 4 is 17.4 Å². The van der Waals surface area contributed by atoms with Crippen molar-refractivity contribution in [3.8, 4) is 11.5 Å². The van der Waals surface area contributed by atoms with Crippen LogP contribution in [0.3, 0.4) is 0 Å². The molecule has 5 heteroatoms. The molecule has 0 aromatic heterocycles. The highest BCUT2D eigenvalue weighted by atomic mass is 16.5. The summed E-state index contributed by atoms with van der Waals surface area (Å²) in [5.41, 5.74) is 2.24. The number of carbonyl (C=O) groups is 2. The van der Waals surface area contributed by atoms with Gasteiger partial charge in [0.15, 0.2) is 17.3 Å². The Kier molecular flexibility index (Phi) is 5.95. The van der Waals surface area contributed by atoms with Crippen LogP contribution in [0.5, 0.6) is 11.5 Å². The molecule has 0 atom stereocenters. The molecule has 0 heterocycles. The molecule has 0 saturated carbocycles. The Bertz CT molecular complexity index is 740. The Morgan fingerprint density at radius 3 is 2.33 bits per heavy atom. The number of amides is 1. The van der Waals surface area contributed by atoms with E-state index in [0.717, 1.165) is 11.3 Å². The van der Waals surface area contributed by atoms with Crippen molar-refractivity contribution in [2.24, 2.45) is 0 Å². The molecule has 2 aromatic rings. The van der Waals surface area contributed by atoms with Gasteiger partial charge >= 0.3 is 0 Å². The first-order chi connectivity index (χ1) is 11.5. The van der Waals surface area contributed by atoms with Gasteiger partial charge in [0.2, 0.25) is 5.91 Å². The monoisotopic (exact) mass is 327 g/mol. The van der Waals surface area contributed by atoms with E-state index in [1.165, 1.54) is 14.2 Å². The van der Waals surface area contributed by atoms with Gasteiger partial charge in [0.25, 0.3) is 0 Å². The summed E-state index contributed by atoms with van der Waals surface area (Å²) < 4.78 is 10.3. The Morgan fingerprint density at radius 2 is 1.67 bits per heavy atom. The van der Waals surface area contributed by atoms with Crippen LogP contribution in [0.1, 0.15) is 28.8 Å². The topological polar surface area (TPSA) is 64.6 Å². The number of nitrogens with one attached hydrogen (secondary N) is 1. The predicted octanol–water partition coefficient (Wildman–Crippen LogP) is 3.61. The first-order valence-electron chi connectivity index (χ1n) is 7.66. The van der Waals surface area contributed by atoms with Crippen LogP contribution in [0.25, 0.3) is 0 Å². The van der Waals surface area contributed by atoms with Gasteiger partial charge in [-0.15, -0.1) is 0 Å². The van der Waals surface area contributed by atoms with E-state index < -0.39 is 0 Å². The minimum absolute atomic E-state index is 0.115. The summed E-state index contributed by atoms with van der Waals surface area (Å²) in [4.78, 5) is 24.3. The van der Waals surface area contributed by atoms with Crippen LogP contribution in [0, 0.1) is 6.92 Å². The molecular formula is C19H21NO4. The van der Waals surface area contributed by atoms with Gasteiger partial charge in [0, 0.05) is 24.1 Å². The Balaban J connectivity index is 1.95. The van der Waals surface area contributed by atoms with Crippen LogP contribution in [-0.2, 0) is 4.79 Å². The molecule has 0 saturated heterocycles. The number of hydrogen-bond acceptors (Lipinski definition) is 4. The average Bonchev–Trinajstić information content (AvgIpc) is 2.61. The van der Waals surface area contributed by atoms with Crippen LogP contribution in [0.15, 0.2) is 42.5 Å². The highest BCUT2D eigenvalue weighted by molar-refractivity contribution is 6.00. The number of benzene rings is 2. The number of hydrogen-bond donors (Lipinski definition) is 1. The van der Waals surface area contributed by atoms with E-state index in [9.17, 15) is 9.59 Å². The summed E-state index contributed by atoms with van der Waals surface area (Å²) in [5, 5.41) is 2.82. The zero-order chi connectivity index (χ0) is 17.5. The zero-order valence-corrected chi connectivity index (χ0v) is 14.1. The lowest BCUT2D eigenvalue weighted by atomic mass is 10.1. The highest BCUT2D eigenvalue weighted by Gasteiger charge is 2.13. The minimum Gasteiger partial charge on any atom is -0.493 e. The van der Waals surface area contributed by atoms with Gasteiger partial charge in [-0.05, 0) is 36.8 Å². The molecule has 0 unspecified atom stereocenters. The van der Waals surface area contributed by atoms with Crippen molar-refractivity contribution in [2.75, 3.05) is 19.5 Å². The number of Topliss-reactive ketones (excluding diaryl/α,β-unsaturated/α-hetero) is 1. The number of methoxy groups -OCH3 is 2. The van der Waals surface area contributed by atoms with Gasteiger partial charge < -0.3 is 14.8 Å². The third kappa shape index (κ3) is 4.35. The first kappa shape index (κ1) is 17.5. The zero-order valence-electron chi connectivity index (χ0n) is 14.1. The summed E-state index contributed by atoms with van der Waals surface area (Å²) in [5.74, 6) is 0.757. The number of ketones is 1. The van der Waals surface area contributed by atoms with Gasteiger partial charge in [-0.1, -0.05) is 18.2 Å². The fourth-order valence-electron chi connectivity index (χ4n) is 2.31. The smallest absolute Gasteiger partial charge is 0.224 e.